The maximum atomic E-state index is 11.8. The van der Waals surface area contributed by atoms with Gasteiger partial charge in [-0.1, -0.05) is 17.4 Å². The Hall–Kier alpha value is -2.44. The standard InChI is InChI=1S/C12H9N5O2S2/c1-7(18)20-12-17-16-11(21-12)15-10(19)14-9-4-2-3-8(5-9)6-13/h2-5H,1H3,(H2,14,15,16,19). The van der Waals surface area contributed by atoms with Gasteiger partial charge in [-0.05, 0) is 30.0 Å². The molecule has 9 heteroatoms. The zero-order valence-electron chi connectivity index (χ0n) is 10.8. The van der Waals surface area contributed by atoms with E-state index in [2.05, 4.69) is 20.8 Å². The van der Waals surface area contributed by atoms with Crippen molar-refractivity contribution in [2.24, 2.45) is 0 Å². The van der Waals surface area contributed by atoms with E-state index in [1.807, 2.05) is 6.07 Å². The lowest BCUT2D eigenvalue weighted by Crippen LogP contribution is -2.19. The Bertz CT molecular complexity index is 722. The maximum Gasteiger partial charge on any atom is 0.325 e. The molecule has 1 heterocycles. The second-order valence-electron chi connectivity index (χ2n) is 3.74. The summed E-state index contributed by atoms with van der Waals surface area (Å²) in [6.45, 7) is 1.42. The van der Waals surface area contributed by atoms with Crippen LogP contribution in [0.4, 0.5) is 15.6 Å². The lowest BCUT2D eigenvalue weighted by molar-refractivity contribution is -0.109. The van der Waals surface area contributed by atoms with E-state index in [1.165, 1.54) is 6.92 Å². The molecule has 0 bridgehead atoms. The summed E-state index contributed by atoms with van der Waals surface area (Å²) in [5, 5.41) is 21.6. The predicted octanol–water partition coefficient (Wildman–Crippen LogP) is 2.69. The average Bonchev–Trinajstić information content (AvgIpc) is 2.85. The van der Waals surface area contributed by atoms with Gasteiger partial charge in [-0.3, -0.25) is 10.1 Å². The number of carbonyl (C=O) groups excluding carboxylic acids is 2. The van der Waals surface area contributed by atoms with Gasteiger partial charge in [-0.25, -0.2) is 4.79 Å². The summed E-state index contributed by atoms with van der Waals surface area (Å²) >= 11 is 2.06. The van der Waals surface area contributed by atoms with Crippen LogP contribution in [-0.4, -0.2) is 21.3 Å². The van der Waals surface area contributed by atoms with Crippen molar-refractivity contribution < 1.29 is 9.59 Å². The third-order valence-electron chi connectivity index (χ3n) is 2.11. The molecule has 0 fully saturated rings. The van der Waals surface area contributed by atoms with Gasteiger partial charge in [0, 0.05) is 12.6 Å². The molecule has 0 aliphatic heterocycles. The molecule has 1 aromatic carbocycles. The van der Waals surface area contributed by atoms with Crippen LogP contribution < -0.4 is 10.6 Å². The van der Waals surface area contributed by atoms with E-state index in [0.29, 0.717) is 15.6 Å². The minimum atomic E-state index is -0.499. The summed E-state index contributed by atoms with van der Waals surface area (Å²) in [6, 6.07) is 8.01. The second-order valence-corrected chi connectivity index (χ2v) is 6.14. The number of rotatable bonds is 3. The Morgan fingerprint density at radius 1 is 1.33 bits per heavy atom. The first kappa shape index (κ1) is 15.0. The first-order valence-electron chi connectivity index (χ1n) is 5.67. The van der Waals surface area contributed by atoms with Gasteiger partial charge in [-0.15, -0.1) is 10.2 Å². The molecular formula is C12H9N5O2S2. The molecule has 0 saturated heterocycles. The third-order valence-corrected chi connectivity index (χ3v) is 3.78. The van der Waals surface area contributed by atoms with Crippen molar-refractivity contribution in [1.82, 2.24) is 10.2 Å². The second kappa shape index (κ2) is 6.83. The van der Waals surface area contributed by atoms with Crippen molar-refractivity contribution in [2.75, 3.05) is 10.6 Å². The van der Waals surface area contributed by atoms with E-state index in [-0.39, 0.29) is 10.2 Å². The molecule has 106 valence electrons. The summed E-state index contributed by atoms with van der Waals surface area (Å²) in [5.74, 6) is 0. The molecule has 0 unspecified atom stereocenters. The molecule has 2 aromatic rings. The number of hydrogen-bond donors (Lipinski definition) is 2. The van der Waals surface area contributed by atoms with Crippen LogP contribution in [0, 0.1) is 11.3 Å². The molecule has 0 aliphatic carbocycles. The highest BCUT2D eigenvalue weighted by atomic mass is 32.2. The van der Waals surface area contributed by atoms with E-state index in [1.54, 1.807) is 24.3 Å². The number of carbonyl (C=O) groups is 2. The lowest BCUT2D eigenvalue weighted by Gasteiger charge is -2.04. The number of benzene rings is 1. The molecule has 2 N–H and O–H groups in total. The van der Waals surface area contributed by atoms with Crippen molar-refractivity contribution >= 4 is 45.1 Å². The van der Waals surface area contributed by atoms with Crippen molar-refractivity contribution in [1.29, 1.82) is 5.26 Å². The van der Waals surface area contributed by atoms with Crippen molar-refractivity contribution in [2.45, 2.75) is 11.3 Å². The topological polar surface area (TPSA) is 108 Å². The number of anilines is 2. The number of hydrogen-bond acceptors (Lipinski definition) is 7. The van der Waals surface area contributed by atoms with Gasteiger partial charge < -0.3 is 5.32 Å². The predicted molar refractivity (Wildman–Crippen MR) is 80.2 cm³/mol. The van der Waals surface area contributed by atoms with E-state index in [4.69, 9.17) is 5.26 Å². The molecular weight excluding hydrogens is 310 g/mol. The molecule has 0 spiro atoms. The molecule has 7 nitrogen and oxygen atoms in total. The van der Waals surface area contributed by atoms with Gasteiger partial charge in [0.1, 0.15) is 0 Å². The largest absolute Gasteiger partial charge is 0.325 e. The minimum absolute atomic E-state index is 0.101. The first-order valence-corrected chi connectivity index (χ1v) is 7.30. The van der Waals surface area contributed by atoms with Crippen LogP contribution in [0.15, 0.2) is 28.6 Å². The van der Waals surface area contributed by atoms with Crippen LogP contribution in [0.5, 0.6) is 0 Å². The van der Waals surface area contributed by atoms with Gasteiger partial charge in [0.25, 0.3) is 0 Å². The Balaban J connectivity index is 1.96. The Morgan fingerprint density at radius 2 is 2.14 bits per heavy atom. The lowest BCUT2D eigenvalue weighted by atomic mass is 10.2. The van der Waals surface area contributed by atoms with Gasteiger partial charge in [0.15, 0.2) is 9.45 Å². The Kier molecular flexibility index (Phi) is 4.86. The van der Waals surface area contributed by atoms with Gasteiger partial charge in [0.05, 0.1) is 11.6 Å². The normalized spacial score (nSPS) is 9.71. The molecule has 2 rings (SSSR count). The minimum Gasteiger partial charge on any atom is -0.308 e. The molecule has 1 aromatic heterocycles. The third kappa shape index (κ3) is 4.55. The fourth-order valence-electron chi connectivity index (χ4n) is 1.35. The van der Waals surface area contributed by atoms with E-state index >= 15 is 0 Å². The molecule has 21 heavy (non-hydrogen) atoms. The van der Waals surface area contributed by atoms with Crippen molar-refractivity contribution in [3.8, 4) is 6.07 Å². The van der Waals surface area contributed by atoms with Crippen LogP contribution in [0.25, 0.3) is 0 Å². The molecule has 2 amide bonds. The highest BCUT2D eigenvalue weighted by Gasteiger charge is 2.10. The SMILES string of the molecule is CC(=O)Sc1nnc(NC(=O)Nc2cccc(C#N)c2)s1. The summed E-state index contributed by atoms with van der Waals surface area (Å²) in [7, 11) is 0. The van der Waals surface area contributed by atoms with Crippen LogP contribution in [-0.2, 0) is 4.79 Å². The van der Waals surface area contributed by atoms with Gasteiger partial charge >= 0.3 is 6.03 Å². The number of thioether (sulfide) groups is 1. The Labute approximate surface area is 128 Å². The Morgan fingerprint density at radius 3 is 2.86 bits per heavy atom. The molecule has 0 aliphatic rings. The number of nitrogens with zero attached hydrogens (tertiary/aromatic N) is 3. The van der Waals surface area contributed by atoms with Crippen molar-refractivity contribution in [3.63, 3.8) is 0 Å². The monoisotopic (exact) mass is 319 g/mol. The van der Waals surface area contributed by atoms with E-state index < -0.39 is 6.03 Å². The highest BCUT2D eigenvalue weighted by Crippen LogP contribution is 2.25. The quantitative estimate of drug-likeness (QED) is 0.665. The van der Waals surface area contributed by atoms with Crippen LogP contribution in [0.3, 0.4) is 0 Å². The number of urea groups is 1. The average molecular weight is 319 g/mol. The first-order chi connectivity index (χ1) is 10.1. The zero-order chi connectivity index (χ0) is 15.2. The molecule has 0 atom stereocenters. The summed E-state index contributed by atoms with van der Waals surface area (Å²) in [6.07, 6.45) is 0. The summed E-state index contributed by atoms with van der Waals surface area (Å²) < 4.78 is 0.462. The number of amides is 2. The number of aromatic nitrogens is 2. The van der Waals surface area contributed by atoms with E-state index in [9.17, 15) is 9.59 Å². The van der Waals surface area contributed by atoms with Crippen LogP contribution in [0.2, 0.25) is 0 Å². The number of nitrogens with one attached hydrogen (secondary N) is 2. The summed E-state index contributed by atoms with van der Waals surface area (Å²) in [4.78, 5) is 22.7. The van der Waals surface area contributed by atoms with Gasteiger partial charge in [-0.2, -0.15) is 5.26 Å². The summed E-state index contributed by atoms with van der Waals surface area (Å²) in [5.41, 5.74) is 0.943. The number of nitriles is 1. The molecule has 0 radical (unpaired) electrons. The van der Waals surface area contributed by atoms with Crippen molar-refractivity contribution in [3.05, 3.63) is 29.8 Å². The fourth-order valence-corrected chi connectivity index (χ4v) is 2.91. The smallest absolute Gasteiger partial charge is 0.308 e. The molecule has 0 saturated carbocycles. The van der Waals surface area contributed by atoms with Crippen LogP contribution >= 0.6 is 23.1 Å². The van der Waals surface area contributed by atoms with Crippen LogP contribution in [0.1, 0.15) is 12.5 Å². The highest BCUT2D eigenvalue weighted by molar-refractivity contribution is 8.14. The van der Waals surface area contributed by atoms with Gasteiger partial charge in [0.2, 0.25) is 5.13 Å². The van der Waals surface area contributed by atoms with E-state index in [0.717, 1.165) is 23.1 Å². The maximum absolute atomic E-state index is 11.8. The fraction of sp³-hybridized carbons (Fsp3) is 0.0833. The zero-order valence-corrected chi connectivity index (χ0v) is 12.4.